The number of ether oxygens (including phenoxy) is 1. The van der Waals surface area contributed by atoms with E-state index < -0.39 is 0 Å². The molecule has 5 aromatic rings. The minimum Gasteiger partial charge on any atom is -0.497 e. The number of thiocarbonyl (C=S) groups is 1. The van der Waals surface area contributed by atoms with Crippen molar-refractivity contribution in [3.05, 3.63) is 119 Å². The molecular formula is C30H25N5OS2. The van der Waals surface area contributed by atoms with Crippen LogP contribution >= 0.6 is 23.6 Å². The van der Waals surface area contributed by atoms with E-state index in [4.69, 9.17) is 27.2 Å². The Balaban J connectivity index is 1.45. The van der Waals surface area contributed by atoms with Gasteiger partial charge in [-0.05, 0) is 65.4 Å². The number of thiophene rings is 1. The summed E-state index contributed by atoms with van der Waals surface area (Å²) >= 11 is 7.58. The number of para-hydroxylation sites is 2. The van der Waals surface area contributed by atoms with E-state index in [1.54, 1.807) is 18.4 Å². The standard InChI is InChI=1S/C30H25N5OS2/c1-36-25-14-8-9-21(17-25)29-26(19-34(33-29)24-12-6-3-7-13-24)28-18-27(22-15-16-38-20-22)32-35(28)30(37)31-23-10-4-2-5-11-23/h2-17,19-20,28H,18H2,1H3,(H,31,37)/t28-/m1/s1. The average Bonchev–Trinajstić information content (AvgIpc) is 3.74. The van der Waals surface area contributed by atoms with E-state index in [1.165, 1.54) is 0 Å². The highest BCUT2D eigenvalue weighted by Crippen LogP contribution is 2.39. The summed E-state index contributed by atoms with van der Waals surface area (Å²) in [5, 5.41) is 20.1. The Morgan fingerprint density at radius 2 is 1.76 bits per heavy atom. The second-order valence-corrected chi connectivity index (χ2v) is 10.0. The lowest BCUT2D eigenvalue weighted by molar-refractivity contribution is 0.376. The molecule has 1 aliphatic heterocycles. The molecule has 1 N–H and O–H groups in total. The lowest BCUT2D eigenvalue weighted by atomic mass is 9.97. The van der Waals surface area contributed by atoms with E-state index in [2.05, 4.69) is 34.4 Å². The van der Waals surface area contributed by atoms with E-state index in [-0.39, 0.29) is 6.04 Å². The first-order chi connectivity index (χ1) is 18.7. The Hall–Kier alpha value is -4.27. The first-order valence-electron chi connectivity index (χ1n) is 12.2. The van der Waals surface area contributed by atoms with Crippen LogP contribution in [-0.2, 0) is 0 Å². The summed E-state index contributed by atoms with van der Waals surface area (Å²) in [7, 11) is 1.68. The fraction of sp³-hybridized carbons (Fsp3) is 0.100. The fourth-order valence-electron chi connectivity index (χ4n) is 4.58. The van der Waals surface area contributed by atoms with Crippen molar-refractivity contribution < 1.29 is 4.74 Å². The monoisotopic (exact) mass is 535 g/mol. The lowest BCUT2D eigenvalue weighted by Crippen LogP contribution is -2.31. The maximum absolute atomic E-state index is 5.92. The number of nitrogens with one attached hydrogen (secondary N) is 1. The highest BCUT2D eigenvalue weighted by molar-refractivity contribution is 7.80. The third-order valence-corrected chi connectivity index (χ3v) is 7.44. The third-order valence-electron chi connectivity index (χ3n) is 6.46. The van der Waals surface area contributed by atoms with E-state index in [0.29, 0.717) is 11.5 Å². The van der Waals surface area contributed by atoms with Crippen LogP contribution in [0.25, 0.3) is 16.9 Å². The van der Waals surface area contributed by atoms with Gasteiger partial charge in [0.05, 0.1) is 30.2 Å². The third kappa shape index (κ3) is 4.83. The number of methoxy groups -OCH3 is 1. The SMILES string of the molecule is COc1cccc(-c2nn(-c3ccccc3)cc2[C@H]2CC(c3ccsc3)=NN2C(=S)Nc2ccccc2)c1. The van der Waals surface area contributed by atoms with Crippen molar-refractivity contribution in [3.8, 4) is 22.7 Å². The molecule has 0 radical (unpaired) electrons. The van der Waals surface area contributed by atoms with Gasteiger partial charge in [-0.25, -0.2) is 9.69 Å². The van der Waals surface area contributed by atoms with Gasteiger partial charge in [0.15, 0.2) is 5.11 Å². The normalized spacial score (nSPS) is 14.8. The quantitative estimate of drug-likeness (QED) is 0.234. The van der Waals surface area contributed by atoms with Gasteiger partial charge in [0.25, 0.3) is 0 Å². The van der Waals surface area contributed by atoms with Gasteiger partial charge in [-0.15, -0.1) is 0 Å². The molecule has 6 rings (SSSR count). The van der Waals surface area contributed by atoms with E-state index in [0.717, 1.165) is 45.2 Å². The highest BCUT2D eigenvalue weighted by Gasteiger charge is 2.35. The molecular weight excluding hydrogens is 510 g/mol. The van der Waals surface area contributed by atoms with Crippen molar-refractivity contribution in [2.45, 2.75) is 12.5 Å². The summed E-state index contributed by atoms with van der Waals surface area (Å²) in [6.45, 7) is 0. The summed E-state index contributed by atoms with van der Waals surface area (Å²) in [6.07, 6.45) is 2.80. The second kappa shape index (κ2) is 10.6. The molecule has 38 heavy (non-hydrogen) atoms. The number of nitrogens with zero attached hydrogens (tertiary/aromatic N) is 4. The molecule has 1 aliphatic rings. The van der Waals surface area contributed by atoms with Gasteiger partial charge in [-0.3, -0.25) is 0 Å². The number of hydrogen-bond acceptors (Lipinski definition) is 5. The summed E-state index contributed by atoms with van der Waals surface area (Å²) in [5.41, 5.74) is 6.89. The Morgan fingerprint density at radius 3 is 2.50 bits per heavy atom. The Bertz CT molecular complexity index is 1580. The molecule has 0 fully saturated rings. The van der Waals surface area contributed by atoms with Gasteiger partial charge in [0.2, 0.25) is 0 Å². The molecule has 0 amide bonds. The van der Waals surface area contributed by atoms with Gasteiger partial charge in [-0.2, -0.15) is 21.5 Å². The molecule has 3 aromatic carbocycles. The van der Waals surface area contributed by atoms with Gasteiger partial charge in [0, 0.05) is 35.0 Å². The van der Waals surface area contributed by atoms with Crippen LogP contribution in [0.15, 0.2) is 113 Å². The summed E-state index contributed by atoms with van der Waals surface area (Å²) in [6, 6.07) is 30.0. The van der Waals surface area contributed by atoms with E-state index in [9.17, 15) is 0 Å². The van der Waals surface area contributed by atoms with Crippen LogP contribution in [0.2, 0.25) is 0 Å². The molecule has 188 valence electrons. The molecule has 3 heterocycles. The van der Waals surface area contributed by atoms with E-state index in [1.807, 2.05) is 88.6 Å². The largest absolute Gasteiger partial charge is 0.497 e. The van der Waals surface area contributed by atoms with Crippen molar-refractivity contribution in [2.75, 3.05) is 12.4 Å². The lowest BCUT2D eigenvalue weighted by Gasteiger charge is -2.24. The van der Waals surface area contributed by atoms with Crippen LogP contribution in [0, 0.1) is 0 Å². The summed E-state index contributed by atoms with van der Waals surface area (Å²) in [4.78, 5) is 0. The van der Waals surface area contributed by atoms with Gasteiger partial charge in [0.1, 0.15) is 5.75 Å². The molecule has 0 aliphatic carbocycles. The van der Waals surface area contributed by atoms with Crippen molar-refractivity contribution in [1.82, 2.24) is 14.8 Å². The average molecular weight is 536 g/mol. The minimum atomic E-state index is -0.146. The van der Waals surface area contributed by atoms with Crippen LogP contribution in [0.5, 0.6) is 5.75 Å². The maximum atomic E-state index is 5.92. The summed E-state index contributed by atoms with van der Waals surface area (Å²) < 4.78 is 7.46. The molecule has 0 saturated heterocycles. The Kier molecular flexibility index (Phi) is 6.73. The van der Waals surface area contributed by atoms with Crippen molar-refractivity contribution in [2.24, 2.45) is 5.10 Å². The number of hydrazone groups is 1. The molecule has 8 heteroatoms. The van der Waals surface area contributed by atoms with Gasteiger partial charge in [-0.1, -0.05) is 48.5 Å². The zero-order valence-corrected chi connectivity index (χ0v) is 22.3. The second-order valence-electron chi connectivity index (χ2n) is 8.86. The maximum Gasteiger partial charge on any atom is 0.194 e. The van der Waals surface area contributed by atoms with Crippen LogP contribution in [0.1, 0.15) is 23.6 Å². The minimum absolute atomic E-state index is 0.146. The van der Waals surface area contributed by atoms with Crippen LogP contribution in [0.3, 0.4) is 0 Å². The van der Waals surface area contributed by atoms with E-state index >= 15 is 0 Å². The number of rotatable bonds is 6. The number of hydrogen-bond donors (Lipinski definition) is 1. The van der Waals surface area contributed by atoms with Crippen LogP contribution in [0.4, 0.5) is 5.69 Å². The first-order valence-corrected chi connectivity index (χ1v) is 13.6. The number of benzene rings is 3. The van der Waals surface area contributed by atoms with Gasteiger partial charge < -0.3 is 10.1 Å². The smallest absolute Gasteiger partial charge is 0.194 e. The topological polar surface area (TPSA) is 54.7 Å². The highest BCUT2D eigenvalue weighted by atomic mass is 32.1. The fourth-order valence-corrected chi connectivity index (χ4v) is 5.54. The van der Waals surface area contributed by atoms with Gasteiger partial charge >= 0.3 is 0 Å². The first kappa shape index (κ1) is 24.1. The molecule has 0 saturated carbocycles. The molecule has 0 unspecified atom stereocenters. The molecule has 6 nitrogen and oxygen atoms in total. The molecule has 1 atom stereocenters. The Labute approximate surface area is 230 Å². The van der Waals surface area contributed by atoms with Crippen LogP contribution in [-0.4, -0.2) is 32.7 Å². The molecule has 0 spiro atoms. The van der Waals surface area contributed by atoms with Crippen LogP contribution < -0.4 is 10.1 Å². The molecule has 2 aromatic heterocycles. The number of anilines is 1. The van der Waals surface area contributed by atoms with Crippen molar-refractivity contribution in [1.29, 1.82) is 0 Å². The predicted octanol–water partition coefficient (Wildman–Crippen LogP) is 7.16. The molecule has 0 bridgehead atoms. The zero-order chi connectivity index (χ0) is 25.9. The number of aromatic nitrogens is 2. The Morgan fingerprint density at radius 1 is 0.974 bits per heavy atom. The predicted molar refractivity (Wildman–Crippen MR) is 158 cm³/mol. The van der Waals surface area contributed by atoms with Crippen molar-refractivity contribution in [3.63, 3.8) is 0 Å². The summed E-state index contributed by atoms with van der Waals surface area (Å²) in [5.74, 6) is 0.780. The zero-order valence-electron chi connectivity index (χ0n) is 20.7. The van der Waals surface area contributed by atoms with Crippen molar-refractivity contribution >= 4 is 40.1 Å².